The highest BCUT2D eigenvalue weighted by Gasteiger charge is 2.02. The number of hydrogen-bond acceptors (Lipinski definition) is 5. The van der Waals surface area contributed by atoms with Gasteiger partial charge in [-0.1, -0.05) is 0 Å². The molecule has 0 fully saturated rings. The van der Waals surface area contributed by atoms with Gasteiger partial charge in [0.25, 0.3) is 0 Å². The normalized spacial score (nSPS) is 10.9. The first-order chi connectivity index (χ1) is 7.27. The summed E-state index contributed by atoms with van der Waals surface area (Å²) in [6.45, 7) is 0. The van der Waals surface area contributed by atoms with E-state index in [0.717, 1.165) is 0 Å². The zero-order valence-electron chi connectivity index (χ0n) is 7.51. The lowest BCUT2D eigenvalue weighted by molar-refractivity contribution is 1.04. The zero-order valence-corrected chi connectivity index (χ0v) is 8.32. The van der Waals surface area contributed by atoms with Crippen LogP contribution in [0.5, 0.6) is 0 Å². The molecule has 0 saturated carbocycles. The van der Waals surface area contributed by atoms with Crippen LogP contribution >= 0.6 is 12.2 Å². The van der Waals surface area contributed by atoms with E-state index in [4.69, 9.17) is 5.73 Å². The largest absolute Gasteiger partial charge is 0.375 e. The molecule has 0 unspecified atom stereocenters. The van der Waals surface area contributed by atoms with Crippen molar-refractivity contribution in [3.63, 3.8) is 0 Å². The highest BCUT2D eigenvalue weighted by molar-refractivity contribution is 7.80. The lowest BCUT2D eigenvalue weighted by Crippen LogP contribution is -2.24. The standard InChI is InChI=1S/C7H7N7S/c8-7(15)14-13-1-4-5-6(11-2-9-4)12-3-10-5/h1-3H,(H3,8,14,15)(H,9,10,11,12)/b13-1+. The van der Waals surface area contributed by atoms with Crippen LogP contribution < -0.4 is 11.2 Å². The van der Waals surface area contributed by atoms with Crippen LogP contribution in [-0.2, 0) is 0 Å². The van der Waals surface area contributed by atoms with Crippen LogP contribution in [0.2, 0.25) is 0 Å². The lowest BCUT2D eigenvalue weighted by Gasteiger charge is -1.95. The Kier molecular flexibility index (Phi) is 2.50. The minimum Gasteiger partial charge on any atom is -0.375 e. The van der Waals surface area contributed by atoms with Gasteiger partial charge in [0.15, 0.2) is 10.8 Å². The Bertz CT molecular complexity index is 517. The highest BCUT2D eigenvalue weighted by atomic mass is 32.1. The Morgan fingerprint density at radius 1 is 1.53 bits per heavy atom. The summed E-state index contributed by atoms with van der Waals surface area (Å²) >= 11 is 4.59. The Hall–Kier alpha value is -2.09. The Labute approximate surface area is 89.8 Å². The van der Waals surface area contributed by atoms with Crippen molar-refractivity contribution >= 4 is 34.7 Å². The van der Waals surface area contributed by atoms with E-state index in [2.05, 4.69) is 42.7 Å². The molecule has 0 aliphatic carbocycles. The lowest BCUT2D eigenvalue weighted by atomic mass is 10.4. The monoisotopic (exact) mass is 221 g/mol. The number of nitrogens with two attached hydrogens (primary N) is 1. The van der Waals surface area contributed by atoms with Gasteiger partial charge in [-0.25, -0.2) is 15.0 Å². The van der Waals surface area contributed by atoms with Crippen LogP contribution in [0.15, 0.2) is 17.8 Å². The molecule has 0 bridgehead atoms. The van der Waals surface area contributed by atoms with Gasteiger partial charge in [-0.2, -0.15) is 5.10 Å². The van der Waals surface area contributed by atoms with E-state index in [9.17, 15) is 0 Å². The van der Waals surface area contributed by atoms with E-state index in [1.165, 1.54) is 18.9 Å². The summed E-state index contributed by atoms with van der Waals surface area (Å²) in [7, 11) is 0. The quantitative estimate of drug-likeness (QED) is 0.359. The van der Waals surface area contributed by atoms with Crippen LogP contribution in [0.4, 0.5) is 0 Å². The van der Waals surface area contributed by atoms with Crippen molar-refractivity contribution < 1.29 is 0 Å². The molecule has 0 spiro atoms. The topological polar surface area (TPSA) is 105 Å². The van der Waals surface area contributed by atoms with Crippen molar-refractivity contribution in [1.29, 1.82) is 0 Å². The highest BCUT2D eigenvalue weighted by Crippen LogP contribution is 2.06. The average molecular weight is 221 g/mol. The zero-order chi connectivity index (χ0) is 10.7. The third kappa shape index (κ3) is 2.05. The number of nitrogens with zero attached hydrogens (tertiary/aromatic N) is 4. The molecule has 0 saturated heterocycles. The van der Waals surface area contributed by atoms with Gasteiger partial charge in [0.2, 0.25) is 0 Å². The predicted octanol–water partition coefficient (Wildman–Crippen LogP) is -0.480. The van der Waals surface area contributed by atoms with Crippen LogP contribution in [0.25, 0.3) is 11.2 Å². The molecule has 4 N–H and O–H groups in total. The molecule has 0 amide bonds. The van der Waals surface area contributed by atoms with E-state index in [1.54, 1.807) is 0 Å². The van der Waals surface area contributed by atoms with Gasteiger partial charge in [0, 0.05) is 0 Å². The number of rotatable bonds is 2. The summed E-state index contributed by atoms with van der Waals surface area (Å²) in [5.74, 6) is 0. The van der Waals surface area contributed by atoms with Crippen molar-refractivity contribution in [3.8, 4) is 0 Å². The van der Waals surface area contributed by atoms with Crippen molar-refractivity contribution in [2.24, 2.45) is 10.8 Å². The van der Waals surface area contributed by atoms with E-state index in [0.29, 0.717) is 16.9 Å². The molecule has 8 heteroatoms. The molecule has 76 valence electrons. The molecular weight excluding hydrogens is 214 g/mol. The van der Waals surface area contributed by atoms with Crippen LogP contribution in [0.1, 0.15) is 5.69 Å². The third-order valence-electron chi connectivity index (χ3n) is 1.61. The minimum atomic E-state index is 0.0983. The molecule has 0 aliphatic rings. The molecule has 0 atom stereocenters. The van der Waals surface area contributed by atoms with Crippen molar-refractivity contribution in [1.82, 2.24) is 25.4 Å². The molecule has 7 nitrogen and oxygen atoms in total. The number of thiocarbonyl (C=S) groups is 1. The van der Waals surface area contributed by atoms with Crippen LogP contribution in [-0.4, -0.2) is 31.3 Å². The van der Waals surface area contributed by atoms with Crippen LogP contribution in [0.3, 0.4) is 0 Å². The van der Waals surface area contributed by atoms with Crippen molar-refractivity contribution in [3.05, 3.63) is 18.3 Å². The van der Waals surface area contributed by atoms with Gasteiger partial charge >= 0.3 is 0 Å². The molecule has 0 aromatic carbocycles. The van der Waals surface area contributed by atoms with E-state index >= 15 is 0 Å². The molecular formula is C7H7N7S. The fraction of sp³-hybridized carbons (Fsp3) is 0. The van der Waals surface area contributed by atoms with Gasteiger partial charge in [0.05, 0.1) is 12.5 Å². The number of nitrogens with one attached hydrogen (secondary N) is 2. The van der Waals surface area contributed by atoms with Crippen LogP contribution in [0, 0.1) is 0 Å². The molecule has 0 radical (unpaired) electrons. The van der Waals surface area contributed by atoms with Crippen molar-refractivity contribution in [2.75, 3.05) is 0 Å². The first kappa shape index (κ1) is 9.46. The maximum Gasteiger partial charge on any atom is 0.184 e. The minimum absolute atomic E-state index is 0.0983. The van der Waals surface area contributed by atoms with Gasteiger partial charge in [-0.3, -0.25) is 5.43 Å². The first-order valence-electron chi connectivity index (χ1n) is 4.00. The summed E-state index contributed by atoms with van der Waals surface area (Å²) in [5.41, 5.74) is 9.55. The Balaban J connectivity index is 2.31. The third-order valence-corrected chi connectivity index (χ3v) is 1.71. The molecule has 2 rings (SSSR count). The Morgan fingerprint density at radius 2 is 2.40 bits per heavy atom. The molecule has 2 aromatic heterocycles. The number of aromatic amines is 1. The summed E-state index contributed by atoms with van der Waals surface area (Å²) < 4.78 is 0. The smallest absolute Gasteiger partial charge is 0.184 e. The number of fused-ring (bicyclic) bond motifs is 1. The summed E-state index contributed by atoms with van der Waals surface area (Å²) in [6.07, 6.45) is 4.43. The number of imidazole rings is 1. The second-order valence-electron chi connectivity index (χ2n) is 2.59. The van der Waals surface area contributed by atoms with E-state index < -0.39 is 0 Å². The average Bonchev–Trinajstić information content (AvgIpc) is 2.65. The van der Waals surface area contributed by atoms with Gasteiger partial charge < -0.3 is 10.7 Å². The second kappa shape index (κ2) is 3.96. The number of hydrazone groups is 1. The van der Waals surface area contributed by atoms with Gasteiger partial charge in [-0.15, -0.1) is 0 Å². The summed E-state index contributed by atoms with van der Waals surface area (Å²) in [4.78, 5) is 14.9. The predicted molar refractivity (Wildman–Crippen MR) is 59.2 cm³/mol. The molecule has 15 heavy (non-hydrogen) atoms. The fourth-order valence-electron chi connectivity index (χ4n) is 1.04. The first-order valence-corrected chi connectivity index (χ1v) is 4.41. The molecule has 2 aromatic rings. The summed E-state index contributed by atoms with van der Waals surface area (Å²) in [5, 5.41) is 3.89. The maximum atomic E-state index is 5.20. The second-order valence-corrected chi connectivity index (χ2v) is 3.03. The SMILES string of the molecule is NC(=S)N/N=C/c1ncnc2nc[nH]c12. The molecule has 0 aliphatic heterocycles. The number of aromatic nitrogens is 4. The Morgan fingerprint density at radius 3 is 3.20 bits per heavy atom. The molecule has 2 heterocycles. The number of H-pyrrole nitrogens is 1. The maximum absolute atomic E-state index is 5.20. The summed E-state index contributed by atoms with van der Waals surface area (Å²) in [6, 6.07) is 0. The van der Waals surface area contributed by atoms with E-state index in [-0.39, 0.29) is 5.11 Å². The van der Waals surface area contributed by atoms with E-state index in [1.807, 2.05) is 0 Å². The number of hydrogen-bond donors (Lipinski definition) is 3. The van der Waals surface area contributed by atoms with Crippen molar-refractivity contribution in [2.45, 2.75) is 0 Å². The van der Waals surface area contributed by atoms with Gasteiger partial charge in [0.1, 0.15) is 17.5 Å². The van der Waals surface area contributed by atoms with Gasteiger partial charge in [-0.05, 0) is 12.2 Å². The fourth-order valence-corrected chi connectivity index (χ4v) is 1.09.